The van der Waals surface area contributed by atoms with Crippen molar-refractivity contribution in [3.63, 3.8) is 0 Å². The third-order valence-electron chi connectivity index (χ3n) is 4.17. The molecule has 0 aromatic heterocycles. The highest BCUT2D eigenvalue weighted by atomic mass is 16.5. The van der Waals surface area contributed by atoms with Gasteiger partial charge >= 0.3 is 0 Å². The lowest BCUT2D eigenvalue weighted by atomic mass is 10.1. The lowest BCUT2D eigenvalue weighted by Crippen LogP contribution is -2.26. The predicted octanol–water partition coefficient (Wildman–Crippen LogP) is 2.78. The number of nitrogens with one attached hydrogen (secondary N) is 2. The number of carbonyl (C=O) groups excluding carboxylic acids is 2. The van der Waals surface area contributed by atoms with Crippen molar-refractivity contribution in [3.8, 4) is 11.5 Å². The Balaban J connectivity index is 1.63. The molecule has 6 nitrogen and oxygen atoms in total. The number of hydrogen-bond acceptors (Lipinski definition) is 4. The van der Waals surface area contributed by atoms with Crippen LogP contribution in [0.25, 0.3) is 0 Å². The summed E-state index contributed by atoms with van der Waals surface area (Å²) in [4.78, 5) is 24.3. The molecular formula is C20H22N2O4. The zero-order chi connectivity index (χ0) is 18.5. The molecule has 1 saturated carbocycles. The van der Waals surface area contributed by atoms with E-state index in [1.165, 1.54) is 7.11 Å². The summed E-state index contributed by atoms with van der Waals surface area (Å²) in [7, 11) is 3.06. The van der Waals surface area contributed by atoms with Gasteiger partial charge in [0.1, 0.15) is 11.5 Å². The maximum Gasteiger partial charge on any atom is 0.259 e. The molecule has 0 unspecified atom stereocenters. The minimum atomic E-state index is -0.274. The number of rotatable bonds is 7. The topological polar surface area (TPSA) is 76.7 Å². The number of benzene rings is 2. The Labute approximate surface area is 152 Å². The highest BCUT2D eigenvalue weighted by Crippen LogP contribution is 2.25. The van der Waals surface area contributed by atoms with Crippen molar-refractivity contribution in [2.24, 2.45) is 0 Å². The van der Waals surface area contributed by atoms with E-state index in [2.05, 4.69) is 10.6 Å². The molecule has 26 heavy (non-hydrogen) atoms. The van der Waals surface area contributed by atoms with Crippen LogP contribution in [0.3, 0.4) is 0 Å². The van der Waals surface area contributed by atoms with Crippen molar-refractivity contribution < 1.29 is 19.1 Å². The molecule has 0 spiro atoms. The van der Waals surface area contributed by atoms with Gasteiger partial charge in [-0.15, -0.1) is 0 Å². The van der Waals surface area contributed by atoms with Crippen molar-refractivity contribution in [2.75, 3.05) is 19.5 Å². The Morgan fingerprint density at radius 3 is 2.38 bits per heavy atom. The summed E-state index contributed by atoms with van der Waals surface area (Å²) in [6.07, 6.45) is 2.49. The predicted molar refractivity (Wildman–Crippen MR) is 98.8 cm³/mol. The van der Waals surface area contributed by atoms with Crippen molar-refractivity contribution >= 4 is 17.5 Å². The van der Waals surface area contributed by atoms with Gasteiger partial charge in [0.25, 0.3) is 5.91 Å². The van der Waals surface area contributed by atoms with Crippen molar-refractivity contribution in [2.45, 2.75) is 25.3 Å². The monoisotopic (exact) mass is 354 g/mol. The van der Waals surface area contributed by atoms with E-state index >= 15 is 0 Å². The number of methoxy groups -OCH3 is 2. The molecule has 2 aromatic carbocycles. The van der Waals surface area contributed by atoms with Crippen LogP contribution in [0.4, 0.5) is 5.69 Å². The molecule has 6 heteroatoms. The molecule has 2 amide bonds. The van der Waals surface area contributed by atoms with Crippen LogP contribution in [-0.4, -0.2) is 32.1 Å². The fraction of sp³-hybridized carbons (Fsp3) is 0.300. The summed E-state index contributed by atoms with van der Waals surface area (Å²) >= 11 is 0. The van der Waals surface area contributed by atoms with E-state index in [4.69, 9.17) is 9.47 Å². The van der Waals surface area contributed by atoms with Crippen LogP contribution in [0.1, 0.15) is 28.8 Å². The van der Waals surface area contributed by atoms with Crippen LogP contribution in [-0.2, 0) is 11.2 Å². The number of amides is 2. The van der Waals surface area contributed by atoms with E-state index in [1.807, 2.05) is 12.1 Å². The molecule has 1 aliphatic rings. The molecule has 3 rings (SSSR count). The van der Waals surface area contributed by atoms with Gasteiger partial charge in [-0.3, -0.25) is 9.59 Å². The maximum atomic E-state index is 12.5. The number of hydrogen-bond donors (Lipinski definition) is 2. The first-order chi connectivity index (χ1) is 12.6. The van der Waals surface area contributed by atoms with Gasteiger partial charge in [0.2, 0.25) is 5.91 Å². The Hall–Kier alpha value is -3.02. The normalized spacial score (nSPS) is 13.0. The molecule has 0 aliphatic heterocycles. The van der Waals surface area contributed by atoms with Crippen molar-refractivity contribution in [1.29, 1.82) is 0 Å². The molecule has 0 heterocycles. The molecule has 1 aliphatic carbocycles. The van der Waals surface area contributed by atoms with E-state index in [0.29, 0.717) is 35.2 Å². The first kappa shape index (κ1) is 17.8. The summed E-state index contributed by atoms with van der Waals surface area (Å²) in [6, 6.07) is 12.6. The van der Waals surface area contributed by atoms with Crippen LogP contribution >= 0.6 is 0 Å². The number of carbonyl (C=O) groups is 2. The zero-order valence-electron chi connectivity index (χ0n) is 14.9. The average molecular weight is 354 g/mol. The van der Waals surface area contributed by atoms with Gasteiger partial charge in [0.05, 0.1) is 26.2 Å². The third kappa shape index (κ3) is 4.53. The first-order valence-electron chi connectivity index (χ1n) is 8.50. The molecule has 136 valence electrons. The summed E-state index contributed by atoms with van der Waals surface area (Å²) < 4.78 is 10.4. The van der Waals surface area contributed by atoms with Gasteiger partial charge in [-0.2, -0.15) is 0 Å². The quantitative estimate of drug-likeness (QED) is 0.802. The highest BCUT2D eigenvalue weighted by Gasteiger charge is 2.23. The Morgan fingerprint density at radius 2 is 1.77 bits per heavy atom. The number of ether oxygens (including phenoxy) is 2. The van der Waals surface area contributed by atoms with E-state index in [0.717, 1.165) is 18.4 Å². The van der Waals surface area contributed by atoms with E-state index < -0.39 is 0 Å². The largest absolute Gasteiger partial charge is 0.497 e. The molecule has 2 N–H and O–H groups in total. The molecule has 2 aromatic rings. The lowest BCUT2D eigenvalue weighted by molar-refractivity contribution is -0.120. The second-order valence-corrected chi connectivity index (χ2v) is 6.24. The fourth-order valence-electron chi connectivity index (χ4n) is 2.58. The van der Waals surface area contributed by atoms with Crippen LogP contribution in [0.2, 0.25) is 0 Å². The maximum absolute atomic E-state index is 12.5. The second-order valence-electron chi connectivity index (χ2n) is 6.24. The summed E-state index contributed by atoms with van der Waals surface area (Å²) in [5.74, 6) is 0.818. The van der Waals surface area contributed by atoms with E-state index in [-0.39, 0.29) is 11.8 Å². The van der Waals surface area contributed by atoms with Crippen molar-refractivity contribution in [1.82, 2.24) is 5.32 Å². The first-order valence-corrected chi connectivity index (χ1v) is 8.50. The van der Waals surface area contributed by atoms with Gasteiger partial charge in [-0.1, -0.05) is 12.1 Å². The Bertz CT molecular complexity index is 798. The minimum absolute atomic E-state index is 0.0345. The molecule has 0 atom stereocenters. The fourth-order valence-corrected chi connectivity index (χ4v) is 2.58. The summed E-state index contributed by atoms with van der Waals surface area (Å²) in [5, 5.41) is 5.79. The average Bonchev–Trinajstić information content (AvgIpc) is 3.46. The van der Waals surface area contributed by atoms with Gasteiger partial charge in [0, 0.05) is 17.8 Å². The molecule has 0 radical (unpaired) electrons. The standard InChI is InChI=1S/C20H22N2O4/c1-25-16-9-10-17(18(12-16)26-2)20(24)22-15-5-3-13(4-6-15)11-19(23)21-14-7-8-14/h3-6,9-10,12,14H,7-8,11H2,1-2H3,(H,21,23)(H,22,24). The van der Waals surface area contributed by atoms with Gasteiger partial charge in [0.15, 0.2) is 0 Å². The second kappa shape index (κ2) is 7.91. The number of anilines is 1. The van der Waals surface area contributed by atoms with Gasteiger partial charge in [-0.25, -0.2) is 0 Å². The van der Waals surface area contributed by atoms with E-state index in [1.54, 1.807) is 37.4 Å². The summed E-state index contributed by atoms with van der Waals surface area (Å²) in [5.41, 5.74) is 1.98. The molecule has 1 fully saturated rings. The Kier molecular flexibility index (Phi) is 5.41. The molecule has 0 bridgehead atoms. The van der Waals surface area contributed by atoms with Crippen LogP contribution in [0.5, 0.6) is 11.5 Å². The molecule has 0 saturated heterocycles. The van der Waals surface area contributed by atoms with Crippen molar-refractivity contribution in [3.05, 3.63) is 53.6 Å². The highest BCUT2D eigenvalue weighted by molar-refractivity contribution is 6.06. The van der Waals surface area contributed by atoms with Crippen LogP contribution in [0, 0.1) is 0 Å². The zero-order valence-corrected chi connectivity index (χ0v) is 14.9. The van der Waals surface area contributed by atoms with Crippen LogP contribution < -0.4 is 20.1 Å². The Morgan fingerprint density at radius 1 is 1.04 bits per heavy atom. The van der Waals surface area contributed by atoms with Crippen LogP contribution in [0.15, 0.2) is 42.5 Å². The minimum Gasteiger partial charge on any atom is -0.497 e. The molecular weight excluding hydrogens is 332 g/mol. The van der Waals surface area contributed by atoms with Gasteiger partial charge < -0.3 is 20.1 Å². The smallest absolute Gasteiger partial charge is 0.259 e. The third-order valence-corrected chi connectivity index (χ3v) is 4.17. The lowest BCUT2D eigenvalue weighted by Gasteiger charge is -2.11. The summed E-state index contributed by atoms with van der Waals surface area (Å²) in [6.45, 7) is 0. The SMILES string of the molecule is COc1ccc(C(=O)Nc2ccc(CC(=O)NC3CC3)cc2)c(OC)c1. The van der Waals surface area contributed by atoms with Gasteiger partial charge in [-0.05, 0) is 42.7 Å². The van der Waals surface area contributed by atoms with E-state index in [9.17, 15) is 9.59 Å².